The molecule has 1 aliphatic heterocycles. The molecule has 0 spiro atoms. The molecule has 3 N–H and O–H groups in total. The van der Waals surface area contributed by atoms with Crippen LogP contribution in [-0.4, -0.2) is 28.6 Å². The Bertz CT molecular complexity index is 689. The van der Waals surface area contributed by atoms with Crippen molar-refractivity contribution < 1.29 is 9.90 Å². The smallest absolute Gasteiger partial charge is 0.236 e. The first-order valence-electron chi connectivity index (χ1n) is 6.75. The number of aromatic nitrogens is 1. The van der Waals surface area contributed by atoms with Crippen molar-refractivity contribution >= 4 is 16.8 Å². The maximum Gasteiger partial charge on any atom is 0.236 e. The Balaban J connectivity index is 2.30. The minimum absolute atomic E-state index is 0.0715. The monoisotopic (exact) mass is 270 g/mol. The largest absolute Gasteiger partial charge is 0.394 e. The lowest BCUT2D eigenvalue weighted by molar-refractivity contribution is -0.125. The molecular formula is C16H18N2O2. The lowest BCUT2D eigenvalue weighted by Crippen LogP contribution is -2.45. The van der Waals surface area contributed by atoms with Gasteiger partial charge in [-0.15, -0.1) is 6.58 Å². The number of benzene rings is 1. The molecule has 0 unspecified atom stereocenters. The van der Waals surface area contributed by atoms with Crippen molar-refractivity contribution in [1.29, 1.82) is 0 Å². The Labute approximate surface area is 117 Å². The van der Waals surface area contributed by atoms with E-state index >= 15 is 0 Å². The van der Waals surface area contributed by atoms with Gasteiger partial charge in [0.1, 0.15) is 5.41 Å². The van der Waals surface area contributed by atoms with Gasteiger partial charge < -0.3 is 15.4 Å². The Morgan fingerprint density at radius 2 is 2.25 bits per heavy atom. The second-order valence-electron chi connectivity index (χ2n) is 5.49. The van der Waals surface area contributed by atoms with Crippen LogP contribution < -0.4 is 5.32 Å². The predicted octanol–water partition coefficient (Wildman–Crippen LogP) is 1.64. The third-order valence-corrected chi connectivity index (χ3v) is 4.22. The molecule has 1 aromatic heterocycles. The normalized spacial score (nSPS) is 25.9. The molecule has 2 aromatic rings. The first-order valence-corrected chi connectivity index (χ1v) is 6.75. The summed E-state index contributed by atoms with van der Waals surface area (Å²) < 4.78 is 0. The number of aliphatic hydroxyl groups is 1. The highest BCUT2D eigenvalue weighted by molar-refractivity contribution is 5.95. The van der Waals surface area contributed by atoms with E-state index in [1.54, 1.807) is 6.08 Å². The molecule has 0 bridgehead atoms. The molecule has 4 heteroatoms. The zero-order valence-electron chi connectivity index (χ0n) is 11.4. The molecule has 2 atom stereocenters. The number of carbonyl (C=O) groups excluding carboxylic acids is 1. The van der Waals surface area contributed by atoms with E-state index in [-0.39, 0.29) is 18.6 Å². The van der Waals surface area contributed by atoms with Gasteiger partial charge in [-0.1, -0.05) is 24.3 Å². The van der Waals surface area contributed by atoms with E-state index in [0.29, 0.717) is 6.42 Å². The number of rotatable bonds is 2. The van der Waals surface area contributed by atoms with E-state index in [2.05, 4.69) is 16.9 Å². The Morgan fingerprint density at radius 3 is 2.95 bits per heavy atom. The SMILES string of the molecule is C=C[C@]1(C)C(=O)N[C@H](CO)Cc2c1[nH]c1ccccc21. The van der Waals surface area contributed by atoms with E-state index in [4.69, 9.17) is 0 Å². The van der Waals surface area contributed by atoms with E-state index in [0.717, 1.165) is 22.2 Å². The number of fused-ring (bicyclic) bond motifs is 3. The van der Waals surface area contributed by atoms with Crippen LogP contribution >= 0.6 is 0 Å². The summed E-state index contributed by atoms with van der Waals surface area (Å²) in [5.41, 5.74) is 2.16. The van der Waals surface area contributed by atoms with Crippen molar-refractivity contribution in [3.63, 3.8) is 0 Å². The van der Waals surface area contributed by atoms with Gasteiger partial charge >= 0.3 is 0 Å². The highest BCUT2D eigenvalue weighted by atomic mass is 16.3. The zero-order chi connectivity index (χ0) is 14.3. The number of aromatic amines is 1. The molecule has 2 heterocycles. The zero-order valence-corrected chi connectivity index (χ0v) is 11.4. The summed E-state index contributed by atoms with van der Waals surface area (Å²) in [6.45, 7) is 5.60. The van der Waals surface area contributed by atoms with Crippen LogP contribution in [0.3, 0.4) is 0 Å². The van der Waals surface area contributed by atoms with Crippen LogP contribution in [-0.2, 0) is 16.6 Å². The van der Waals surface area contributed by atoms with Crippen LogP contribution in [0.1, 0.15) is 18.2 Å². The van der Waals surface area contributed by atoms with E-state index in [9.17, 15) is 9.90 Å². The number of carbonyl (C=O) groups is 1. The maximum absolute atomic E-state index is 12.5. The lowest BCUT2D eigenvalue weighted by Gasteiger charge is -2.23. The summed E-state index contributed by atoms with van der Waals surface area (Å²) in [5, 5.41) is 13.5. The third kappa shape index (κ3) is 1.68. The highest BCUT2D eigenvalue weighted by Crippen LogP contribution is 2.35. The number of para-hydroxylation sites is 1. The maximum atomic E-state index is 12.5. The standard InChI is InChI=1S/C16H18N2O2/c1-3-16(2)14-12(8-10(9-19)17-15(16)20)11-6-4-5-7-13(11)18-14/h3-7,10,18-19H,1,8-9H2,2H3,(H,17,20)/t10-,16-/m0/s1. The van der Waals surface area contributed by atoms with Gasteiger partial charge in [0.2, 0.25) is 5.91 Å². The van der Waals surface area contributed by atoms with Gasteiger partial charge in [-0.3, -0.25) is 4.79 Å². The van der Waals surface area contributed by atoms with Gasteiger partial charge in [-0.05, 0) is 25.0 Å². The number of amides is 1. The van der Waals surface area contributed by atoms with Gasteiger partial charge in [-0.25, -0.2) is 0 Å². The van der Waals surface area contributed by atoms with E-state index in [1.807, 2.05) is 31.2 Å². The van der Waals surface area contributed by atoms with Crippen LogP contribution in [0.2, 0.25) is 0 Å². The van der Waals surface area contributed by atoms with Gasteiger partial charge in [0.05, 0.1) is 12.6 Å². The summed E-state index contributed by atoms with van der Waals surface area (Å²) in [6.07, 6.45) is 2.28. The molecule has 1 aliphatic rings. The van der Waals surface area contributed by atoms with Crippen LogP contribution in [0, 0.1) is 0 Å². The number of H-pyrrole nitrogens is 1. The number of hydrogen-bond donors (Lipinski definition) is 3. The fraction of sp³-hybridized carbons (Fsp3) is 0.312. The molecule has 104 valence electrons. The summed E-state index contributed by atoms with van der Waals surface area (Å²) >= 11 is 0. The van der Waals surface area contributed by atoms with Gasteiger partial charge in [0.25, 0.3) is 0 Å². The second-order valence-corrected chi connectivity index (χ2v) is 5.49. The van der Waals surface area contributed by atoms with Gasteiger partial charge in [0, 0.05) is 16.6 Å². The average Bonchev–Trinajstić information content (AvgIpc) is 2.80. The van der Waals surface area contributed by atoms with Crippen LogP contribution in [0.15, 0.2) is 36.9 Å². The molecule has 1 aromatic carbocycles. The van der Waals surface area contributed by atoms with Crippen molar-refractivity contribution in [3.05, 3.63) is 48.2 Å². The average molecular weight is 270 g/mol. The molecule has 3 rings (SSSR count). The topological polar surface area (TPSA) is 65.1 Å². The van der Waals surface area contributed by atoms with E-state index < -0.39 is 5.41 Å². The minimum Gasteiger partial charge on any atom is -0.394 e. The number of hydrogen-bond acceptors (Lipinski definition) is 2. The first-order chi connectivity index (χ1) is 9.60. The summed E-state index contributed by atoms with van der Waals surface area (Å²) in [5.74, 6) is -0.128. The number of aliphatic hydroxyl groups excluding tert-OH is 1. The van der Waals surface area contributed by atoms with Crippen molar-refractivity contribution in [2.24, 2.45) is 0 Å². The number of nitrogens with one attached hydrogen (secondary N) is 2. The highest BCUT2D eigenvalue weighted by Gasteiger charge is 2.40. The van der Waals surface area contributed by atoms with E-state index in [1.165, 1.54) is 0 Å². The Morgan fingerprint density at radius 1 is 1.50 bits per heavy atom. The predicted molar refractivity (Wildman–Crippen MR) is 78.6 cm³/mol. The Kier molecular flexibility index (Phi) is 2.91. The first kappa shape index (κ1) is 12.9. The molecule has 0 fully saturated rings. The molecular weight excluding hydrogens is 252 g/mol. The van der Waals surface area contributed by atoms with Crippen LogP contribution in [0.25, 0.3) is 10.9 Å². The molecule has 1 amide bonds. The minimum atomic E-state index is -0.807. The van der Waals surface area contributed by atoms with Crippen LogP contribution in [0.4, 0.5) is 0 Å². The fourth-order valence-electron chi connectivity index (χ4n) is 2.91. The Hall–Kier alpha value is -2.07. The molecule has 0 radical (unpaired) electrons. The summed E-state index contributed by atoms with van der Waals surface area (Å²) in [7, 11) is 0. The van der Waals surface area contributed by atoms with Crippen molar-refractivity contribution in [3.8, 4) is 0 Å². The van der Waals surface area contributed by atoms with Crippen LogP contribution in [0.5, 0.6) is 0 Å². The van der Waals surface area contributed by atoms with Crippen molar-refractivity contribution in [1.82, 2.24) is 10.3 Å². The summed E-state index contributed by atoms with van der Waals surface area (Å²) in [4.78, 5) is 15.8. The quantitative estimate of drug-likeness (QED) is 0.726. The van der Waals surface area contributed by atoms with Crippen molar-refractivity contribution in [2.45, 2.75) is 24.8 Å². The lowest BCUT2D eigenvalue weighted by atomic mass is 9.84. The fourth-order valence-corrected chi connectivity index (χ4v) is 2.91. The summed E-state index contributed by atoms with van der Waals surface area (Å²) in [6, 6.07) is 7.72. The molecule has 20 heavy (non-hydrogen) atoms. The molecule has 0 saturated heterocycles. The molecule has 4 nitrogen and oxygen atoms in total. The second kappa shape index (κ2) is 4.49. The molecule has 0 aliphatic carbocycles. The molecule has 0 saturated carbocycles. The van der Waals surface area contributed by atoms with Crippen molar-refractivity contribution in [2.75, 3.05) is 6.61 Å². The third-order valence-electron chi connectivity index (χ3n) is 4.22. The van der Waals surface area contributed by atoms with Gasteiger partial charge in [0.15, 0.2) is 0 Å². The van der Waals surface area contributed by atoms with Gasteiger partial charge in [-0.2, -0.15) is 0 Å².